The number of hydrogen-bond donors (Lipinski definition) is 2. The maximum Gasteiger partial charge on any atom is 0.255 e. The molecule has 1 fully saturated rings. The van der Waals surface area contributed by atoms with E-state index >= 15 is 0 Å². The molecule has 0 unspecified atom stereocenters. The fourth-order valence-electron chi connectivity index (χ4n) is 3.63. The molecule has 0 heterocycles. The Morgan fingerprint density at radius 1 is 1.10 bits per heavy atom. The predicted octanol–water partition coefficient (Wildman–Crippen LogP) is 4.50. The molecule has 1 amide bonds. The average Bonchev–Trinajstić information content (AvgIpc) is 2.70. The van der Waals surface area contributed by atoms with Gasteiger partial charge >= 0.3 is 0 Å². The van der Waals surface area contributed by atoms with Crippen molar-refractivity contribution < 1.29 is 17.6 Å². The summed E-state index contributed by atoms with van der Waals surface area (Å²) in [5.74, 6) is -1.17. The monoisotopic (exact) mass is 418 g/mol. The van der Waals surface area contributed by atoms with E-state index in [1.165, 1.54) is 6.07 Å². The van der Waals surface area contributed by atoms with Gasteiger partial charge in [0.25, 0.3) is 5.91 Å². The van der Waals surface area contributed by atoms with Gasteiger partial charge in [0.05, 0.1) is 0 Å². The zero-order valence-corrected chi connectivity index (χ0v) is 17.6. The zero-order valence-electron chi connectivity index (χ0n) is 16.7. The van der Waals surface area contributed by atoms with Crippen molar-refractivity contribution in [2.75, 3.05) is 5.32 Å². The number of benzene rings is 2. The molecule has 2 N–H and O–H groups in total. The van der Waals surface area contributed by atoms with Crippen LogP contribution in [0.2, 0.25) is 0 Å². The summed E-state index contributed by atoms with van der Waals surface area (Å²) in [4.78, 5) is 12.1. The maximum atomic E-state index is 14.3. The lowest BCUT2D eigenvalue weighted by atomic mass is 9.87. The van der Waals surface area contributed by atoms with Crippen molar-refractivity contribution >= 4 is 21.6 Å². The number of halogens is 1. The third kappa shape index (κ3) is 5.22. The van der Waals surface area contributed by atoms with Crippen molar-refractivity contribution in [3.05, 3.63) is 59.4 Å². The van der Waals surface area contributed by atoms with Crippen LogP contribution in [0.15, 0.2) is 47.4 Å². The number of nitrogens with one attached hydrogen (secondary N) is 2. The van der Waals surface area contributed by atoms with Crippen LogP contribution in [-0.2, 0) is 16.4 Å². The number of carbonyl (C=O) groups is 1. The van der Waals surface area contributed by atoms with Crippen molar-refractivity contribution in [3.63, 3.8) is 0 Å². The first-order valence-electron chi connectivity index (χ1n) is 10.0. The summed E-state index contributed by atoms with van der Waals surface area (Å²) in [5, 5.41) is 2.72. The molecule has 0 aromatic heterocycles. The summed E-state index contributed by atoms with van der Waals surface area (Å²) < 4.78 is 42.5. The first kappa shape index (κ1) is 21.5. The van der Waals surface area contributed by atoms with E-state index in [1.54, 1.807) is 12.1 Å². The van der Waals surface area contributed by atoms with Crippen LogP contribution in [0.4, 0.5) is 10.1 Å². The Labute approximate surface area is 171 Å². The van der Waals surface area contributed by atoms with Crippen LogP contribution in [0.1, 0.15) is 55.5 Å². The van der Waals surface area contributed by atoms with Gasteiger partial charge in [-0.15, -0.1) is 0 Å². The lowest BCUT2D eigenvalue weighted by Crippen LogP contribution is -2.41. The first-order chi connectivity index (χ1) is 13.8. The van der Waals surface area contributed by atoms with Crippen LogP contribution in [0.3, 0.4) is 0 Å². The minimum absolute atomic E-state index is 0.0861. The Bertz CT molecular complexity index is 974. The molecule has 0 aliphatic heterocycles. The number of amides is 1. The molecule has 3 rings (SSSR count). The molecule has 0 saturated heterocycles. The molecule has 0 radical (unpaired) electrons. The smallest absolute Gasteiger partial charge is 0.255 e. The molecule has 29 heavy (non-hydrogen) atoms. The normalized spacial score (nSPS) is 19.7. The van der Waals surface area contributed by atoms with Crippen LogP contribution in [-0.4, -0.2) is 20.4 Å². The van der Waals surface area contributed by atoms with Crippen LogP contribution >= 0.6 is 0 Å². The molecule has 2 aromatic rings. The second-order valence-corrected chi connectivity index (χ2v) is 9.32. The fraction of sp³-hybridized carbons (Fsp3) is 0.409. The summed E-state index contributed by atoms with van der Waals surface area (Å²) in [7, 11) is -4.07. The second-order valence-electron chi connectivity index (χ2n) is 7.64. The number of carbonyl (C=O) groups excluding carboxylic acids is 1. The highest BCUT2D eigenvalue weighted by Gasteiger charge is 2.29. The van der Waals surface area contributed by atoms with E-state index in [9.17, 15) is 17.6 Å². The summed E-state index contributed by atoms with van der Waals surface area (Å²) in [5.41, 5.74) is 1.82. The largest absolute Gasteiger partial charge is 0.322 e. The number of hydrogen-bond acceptors (Lipinski definition) is 3. The van der Waals surface area contributed by atoms with E-state index in [0.717, 1.165) is 49.8 Å². The Kier molecular flexibility index (Phi) is 6.70. The van der Waals surface area contributed by atoms with E-state index in [4.69, 9.17) is 0 Å². The van der Waals surface area contributed by atoms with Gasteiger partial charge in [0.15, 0.2) is 0 Å². The third-order valence-electron chi connectivity index (χ3n) is 5.52. The summed E-state index contributed by atoms with van der Waals surface area (Å²) in [6.45, 7) is 4.03. The molecule has 1 aliphatic rings. The minimum atomic E-state index is -4.07. The molecule has 0 bridgehead atoms. The van der Waals surface area contributed by atoms with Gasteiger partial charge in [0, 0.05) is 17.3 Å². The number of anilines is 1. The average molecular weight is 419 g/mol. The molecule has 1 saturated carbocycles. The Morgan fingerprint density at radius 2 is 1.79 bits per heavy atom. The molecule has 0 spiro atoms. The van der Waals surface area contributed by atoms with E-state index in [2.05, 4.69) is 10.0 Å². The molecule has 2 aromatic carbocycles. The Balaban J connectivity index is 1.80. The van der Waals surface area contributed by atoms with Crippen LogP contribution in [0, 0.1) is 11.7 Å². The lowest BCUT2D eigenvalue weighted by Gasteiger charge is -2.29. The maximum absolute atomic E-state index is 14.3. The Morgan fingerprint density at radius 3 is 2.45 bits per heavy atom. The summed E-state index contributed by atoms with van der Waals surface area (Å²) >= 11 is 0. The lowest BCUT2D eigenvalue weighted by molar-refractivity contribution is 0.102. The van der Waals surface area contributed by atoms with Crippen LogP contribution in [0.25, 0.3) is 0 Å². The highest BCUT2D eigenvalue weighted by atomic mass is 32.2. The van der Waals surface area contributed by atoms with Gasteiger partial charge in [0.2, 0.25) is 10.0 Å². The fourth-order valence-corrected chi connectivity index (χ4v) is 5.11. The molecule has 2 atom stereocenters. The summed E-state index contributed by atoms with van der Waals surface area (Å²) in [6.07, 6.45) is 4.58. The van der Waals surface area contributed by atoms with Crippen molar-refractivity contribution in [1.82, 2.24) is 4.72 Å². The standard InChI is InChI=1S/C22H27FN2O3S/c1-3-16-8-11-18(12-9-16)24-22(26)17-10-13-19(23)21(14-17)29(27,28)25-20-7-5-4-6-15(20)2/h8-15,20,25H,3-7H2,1-2H3,(H,24,26)/t15-,20+/m0/s1. The van der Waals surface area contributed by atoms with E-state index in [0.29, 0.717) is 5.69 Å². The van der Waals surface area contributed by atoms with E-state index < -0.39 is 26.6 Å². The molecular formula is C22H27FN2O3S. The van der Waals surface area contributed by atoms with Gasteiger partial charge in [-0.1, -0.05) is 38.8 Å². The number of aryl methyl sites for hydroxylation is 1. The van der Waals surface area contributed by atoms with Gasteiger partial charge in [-0.25, -0.2) is 17.5 Å². The van der Waals surface area contributed by atoms with Crippen LogP contribution in [0.5, 0.6) is 0 Å². The quantitative estimate of drug-likeness (QED) is 0.725. The third-order valence-corrected chi connectivity index (χ3v) is 7.03. The molecular weight excluding hydrogens is 391 g/mol. The number of rotatable bonds is 6. The van der Waals surface area contributed by atoms with Crippen LogP contribution < -0.4 is 10.0 Å². The molecule has 1 aliphatic carbocycles. The van der Waals surface area contributed by atoms with Crippen molar-refractivity contribution in [2.24, 2.45) is 5.92 Å². The highest BCUT2D eigenvalue weighted by Crippen LogP contribution is 2.26. The van der Waals surface area contributed by atoms with Crippen molar-refractivity contribution in [1.29, 1.82) is 0 Å². The molecule has 156 valence electrons. The number of sulfonamides is 1. The van der Waals surface area contributed by atoms with Gasteiger partial charge in [0.1, 0.15) is 10.7 Å². The minimum Gasteiger partial charge on any atom is -0.322 e. The topological polar surface area (TPSA) is 75.3 Å². The van der Waals surface area contributed by atoms with Crippen molar-refractivity contribution in [2.45, 2.75) is 56.9 Å². The van der Waals surface area contributed by atoms with E-state index in [-0.39, 0.29) is 17.5 Å². The second kappa shape index (κ2) is 9.05. The van der Waals surface area contributed by atoms with E-state index in [1.807, 2.05) is 26.0 Å². The van der Waals surface area contributed by atoms with Crippen molar-refractivity contribution in [3.8, 4) is 0 Å². The predicted molar refractivity (Wildman–Crippen MR) is 112 cm³/mol. The van der Waals surface area contributed by atoms with Gasteiger partial charge in [-0.05, 0) is 61.1 Å². The first-order valence-corrected chi connectivity index (χ1v) is 11.5. The van der Waals surface area contributed by atoms with Gasteiger partial charge in [-0.3, -0.25) is 4.79 Å². The Hall–Kier alpha value is -2.25. The highest BCUT2D eigenvalue weighted by molar-refractivity contribution is 7.89. The summed E-state index contributed by atoms with van der Waals surface area (Å²) in [6, 6.07) is 10.6. The molecule has 7 heteroatoms. The van der Waals surface area contributed by atoms with Gasteiger partial charge < -0.3 is 5.32 Å². The SMILES string of the molecule is CCc1ccc(NC(=O)c2ccc(F)c(S(=O)(=O)N[C@@H]3CCCC[C@@H]3C)c2)cc1. The van der Waals surface area contributed by atoms with Gasteiger partial charge in [-0.2, -0.15) is 0 Å². The zero-order chi connectivity index (χ0) is 21.0. The molecule has 5 nitrogen and oxygen atoms in total.